The lowest BCUT2D eigenvalue weighted by atomic mass is 9.93. The van der Waals surface area contributed by atoms with Crippen LogP contribution < -0.4 is 5.32 Å². The first-order valence-corrected chi connectivity index (χ1v) is 8.46. The van der Waals surface area contributed by atoms with Crippen molar-refractivity contribution < 1.29 is 0 Å². The second-order valence-corrected chi connectivity index (χ2v) is 6.60. The minimum atomic E-state index is 0.537. The van der Waals surface area contributed by atoms with Gasteiger partial charge in [-0.05, 0) is 41.3 Å². The SMILES string of the molecule is CCNC(CC1CCCC1)c1cccc2ccsc12. The standard InChI is InChI=1S/C17H23NS/c1-2-18-16(12-13-6-3-4-7-13)15-9-5-8-14-10-11-19-17(14)15/h5,8-11,13,16,18H,2-4,6-7,12H2,1H3. The van der Waals surface area contributed by atoms with Crippen LogP contribution in [-0.2, 0) is 0 Å². The minimum absolute atomic E-state index is 0.537. The van der Waals surface area contributed by atoms with Crippen LogP contribution in [0.15, 0.2) is 29.6 Å². The van der Waals surface area contributed by atoms with Gasteiger partial charge in [0.2, 0.25) is 0 Å². The monoisotopic (exact) mass is 273 g/mol. The summed E-state index contributed by atoms with van der Waals surface area (Å²) in [6.07, 6.45) is 7.05. The summed E-state index contributed by atoms with van der Waals surface area (Å²) in [6.45, 7) is 3.27. The van der Waals surface area contributed by atoms with E-state index in [1.54, 1.807) is 0 Å². The van der Waals surface area contributed by atoms with E-state index in [4.69, 9.17) is 0 Å². The van der Waals surface area contributed by atoms with Crippen molar-refractivity contribution in [2.45, 2.75) is 45.1 Å². The van der Waals surface area contributed by atoms with Gasteiger partial charge in [0, 0.05) is 10.7 Å². The average Bonchev–Trinajstić information content (AvgIpc) is 3.08. The third-order valence-electron chi connectivity index (χ3n) is 4.38. The van der Waals surface area contributed by atoms with Crippen LogP contribution in [0.5, 0.6) is 0 Å². The van der Waals surface area contributed by atoms with E-state index in [1.165, 1.54) is 47.8 Å². The van der Waals surface area contributed by atoms with Crippen molar-refractivity contribution in [3.05, 3.63) is 35.2 Å². The predicted octanol–water partition coefficient (Wildman–Crippen LogP) is 5.13. The fraction of sp³-hybridized carbons (Fsp3) is 0.529. The average molecular weight is 273 g/mol. The summed E-state index contributed by atoms with van der Waals surface area (Å²) in [5.41, 5.74) is 1.52. The normalized spacial score (nSPS) is 18.2. The lowest BCUT2D eigenvalue weighted by molar-refractivity contribution is 0.402. The number of rotatable bonds is 5. The van der Waals surface area contributed by atoms with Crippen LogP contribution in [0.25, 0.3) is 10.1 Å². The first-order chi connectivity index (χ1) is 9.38. The van der Waals surface area contributed by atoms with Crippen LogP contribution in [0.4, 0.5) is 0 Å². The van der Waals surface area contributed by atoms with Crippen molar-refractivity contribution in [1.82, 2.24) is 5.32 Å². The molecular formula is C17H23NS. The molecule has 1 nitrogen and oxygen atoms in total. The lowest BCUT2D eigenvalue weighted by Gasteiger charge is -2.22. The molecule has 0 bridgehead atoms. The fourth-order valence-corrected chi connectivity index (χ4v) is 4.41. The number of nitrogens with one attached hydrogen (secondary N) is 1. The molecule has 0 saturated heterocycles. The van der Waals surface area contributed by atoms with Gasteiger partial charge in [0.25, 0.3) is 0 Å². The van der Waals surface area contributed by atoms with E-state index in [9.17, 15) is 0 Å². The summed E-state index contributed by atoms with van der Waals surface area (Å²) in [5, 5.41) is 7.33. The quantitative estimate of drug-likeness (QED) is 0.796. The van der Waals surface area contributed by atoms with Crippen molar-refractivity contribution in [1.29, 1.82) is 0 Å². The van der Waals surface area contributed by atoms with Crippen LogP contribution in [0.2, 0.25) is 0 Å². The van der Waals surface area contributed by atoms with Crippen molar-refractivity contribution in [2.75, 3.05) is 6.54 Å². The summed E-state index contributed by atoms with van der Waals surface area (Å²) < 4.78 is 1.48. The Balaban J connectivity index is 1.87. The van der Waals surface area contributed by atoms with Crippen LogP contribution in [0.1, 0.15) is 50.6 Å². The summed E-state index contributed by atoms with van der Waals surface area (Å²) in [5.74, 6) is 0.930. The Morgan fingerprint density at radius 1 is 1.26 bits per heavy atom. The molecule has 1 aliphatic rings. The molecule has 102 valence electrons. The molecule has 1 fully saturated rings. The smallest absolute Gasteiger partial charge is 0.0390 e. The number of hydrogen-bond donors (Lipinski definition) is 1. The van der Waals surface area contributed by atoms with E-state index in [-0.39, 0.29) is 0 Å². The van der Waals surface area contributed by atoms with E-state index < -0.39 is 0 Å². The number of thiophene rings is 1. The summed E-state index contributed by atoms with van der Waals surface area (Å²) in [7, 11) is 0. The summed E-state index contributed by atoms with van der Waals surface area (Å²) >= 11 is 1.89. The van der Waals surface area contributed by atoms with Crippen LogP contribution in [-0.4, -0.2) is 6.54 Å². The highest BCUT2D eigenvalue weighted by Gasteiger charge is 2.22. The summed E-state index contributed by atoms with van der Waals surface area (Å²) in [4.78, 5) is 0. The van der Waals surface area contributed by atoms with Gasteiger partial charge in [-0.3, -0.25) is 0 Å². The molecule has 0 aliphatic heterocycles. The highest BCUT2D eigenvalue weighted by molar-refractivity contribution is 7.17. The first kappa shape index (κ1) is 13.1. The number of hydrogen-bond acceptors (Lipinski definition) is 2. The largest absolute Gasteiger partial charge is 0.310 e. The molecular weight excluding hydrogens is 250 g/mol. The molecule has 1 aliphatic carbocycles. The van der Waals surface area contributed by atoms with E-state index in [2.05, 4.69) is 41.9 Å². The third kappa shape index (κ3) is 2.85. The zero-order valence-electron chi connectivity index (χ0n) is 11.7. The van der Waals surface area contributed by atoms with Crippen LogP contribution in [0, 0.1) is 5.92 Å². The molecule has 3 rings (SSSR count). The maximum absolute atomic E-state index is 3.71. The zero-order valence-corrected chi connectivity index (χ0v) is 12.5. The molecule has 1 heterocycles. The summed E-state index contributed by atoms with van der Waals surface area (Å²) in [6, 6.07) is 9.54. The van der Waals surface area contributed by atoms with E-state index in [0.717, 1.165) is 12.5 Å². The third-order valence-corrected chi connectivity index (χ3v) is 5.36. The van der Waals surface area contributed by atoms with E-state index >= 15 is 0 Å². The van der Waals surface area contributed by atoms with Gasteiger partial charge in [0.15, 0.2) is 0 Å². The molecule has 0 amide bonds. The molecule has 1 saturated carbocycles. The van der Waals surface area contributed by atoms with Crippen LogP contribution in [0.3, 0.4) is 0 Å². The van der Waals surface area contributed by atoms with Gasteiger partial charge in [-0.15, -0.1) is 11.3 Å². The maximum atomic E-state index is 3.71. The molecule has 0 radical (unpaired) electrons. The van der Waals surface area contributed by atoms with Gasteiger partial charge in [-0.1, -0.05) is 50.8 Å². The van der Waals surface area contributed by atoms with E-state index in [1.807, 2.05) is 11.3 Å². The van der Waals surface area contributed by atoms with Gasteiger partial charge in [0.05, 0.1) is 0 Å². The Morgan fingerprint density at radius 3 is 2.89 bits per heavy atom. The maximum Gasteiger partial charge on any atom is 0.0390 e. The van der Waals surface area contributed by atoms with Gasteiger partial charge in [0.1, 0.15) is 0 Å². The topological polar surface area (TPSA) is 12.0 Å². The molecule has 1 atom stereocenters. The molecule has 2 heteroatoms. The fourth-order valence-electron chi connectivity index (χ4n) is 3.44. The Hall–Kier alpha value is -0.860. The molecule has 19 heavy (non-hydrogen) atoms. The molecule has 1 unspecified atom stereocenters. The van der Waals surface area contributed by atoms with Crippen molar-refractivity contribution in [3.8, 4) is 0 Å². The molecule has 1 aromatic carbocycles. The Labute approximate surface area is 120 Å². The number of benzene rings is 1. The molecule has 2 aromatic rings. The second kappa shape index (κ2) is 6.06. The Kier molecular flexibility index (Phi) is 4.19. The lowest BCUT2D eigenvalue weighted by Crippen LogP contribution is -2.23. The van der Waals surface area contributed by atoms with Gasteiger partial charge in [-0.25, -0.2) is 0 Å². The van der Waals surface area contributed by atoms with E-state index in [0.29, 0.717) is 6.04 Å². The predicted molar refractivity (Wildman–Crippen MR) is 84.8 cm³/mol. The minimum Gasteiger partial charge on any atom is -0.310 e. The Morgan fingerprint density at radius 2 is 2.11 bits per heavy atom. The molecule has 0 spiro atoms. The van der Waals surface area contributed by atoms with Gasteiger partial charge >= 0.3 is 0 Å². The van der Waals surface area contributed by atoms with Gasteiger partial charge < -0.3 is 5.32 Å². The highest BCUT2D eigenvalue weighted by atomic mass is 32.1. The van der Waals surface area contributed by atoms with Crippen molar-refractivity contribution >= 4 is 21.4 Å². The second-order valence-electron chi connectivity index (χ2n) is 5.68. The molecule has 1 aromatic heterocycles. The molecule has 1 N–H and O–H groups in total. The van der Waals surface area contributed by atoms with Gasteiger partial charge in [-0.2, -0.15) is 0 Å². The zero-order chi connectivity index (χ0) is 13.1. The van der Waals surface area contributed by atoms with Crippen LogP contribution >= 0.6 is 11.3 Å². The Bertz CT molecular complexity index is 525. The van der Waals surface area contributed by atoms with Crippen molar-refractivity contribution in [2.24, 2.45) is 5.92 Å². The van der Waals surface area contributed by atoms with Crippen molar-refractivity contribution in [3.63, 3.8) is 0 Å². The highest BCUT2D eigenvalue weighted by Crippen LogP contribution is 2.36. The number of fused-ring (bicyclic) bond motifs is 1. The first-order valence-electron chi connectivity index (χ1n) is 7.58.